The number of ether oxygens (including phenoxy) is 1. The summed E-state index contributed by atoms with van der Waals surface area (Å²) in [6.07, 6.45) is 3.82. The Labute approximate surface area is 149 Å². The van der Waals surface area contributed by atoms with Crippen molar-refractivity contribution in [3.05, 3.63) is 69.3 Å². The Morgan fingerprint density at radius 2 is 1.85 bits per heavy atom. The molecule has 0 radical (unpaired) electrons. The second-order valence-electron chi connectivity index (χ2n) is 6.92. The number of fused-ring (bicyclic) bond motifs is 5. The zero-order valence-corrected chi connectivity index (χ0v) is 14.3. The maximum Gasteiger partial charge on any atom is 0.339 e. The smallest absolute Gasteiger partial charge is 0.339 e. The van der Waals surface area contributed by atoms with Gasteiger partial charge in [0.1, 0.15) is 17.1 Å². The lowest BCUT2D eigenvalue weighted by Gasteiger charge is -2.31. The molecular formula is C21H18FNO3. The molecule has 0 unspecified atom stereocenters. The predicted molar refractivity (Wildman–Crippen MR) is 97.2 cm³/mol. The van der Waals surface area contributed by atoms with Gasteiger partial charge in [-0.2, -0.15) is 0 Å². The van der Waals surface area contributed by atoms with Crippen LogP contribution < -0.4 is 15.3 Å². The van der Waals surface area contributed by atoms with Gasteiger partial charge in [-0.1, -0.05) is 6.07 Å². The van der Waals surface area contributed by atoms with E-state index >= 15 is 0 Å². The first kappa shape index (κ1) is 15.4. The van der Waals surface area contributed by atoms with Gasteiger partial charge in [0.15, 0.2) is 6.73 Å². The fraction of sp³-hybridized carbons (Fsp3) is 0.286. The molecule has 132 valence electrons. The highest BCUT2D eigenvalue weighted by Gasteiger charge is 2.25. The minimum atomic E-state index is -0.285. The van der Waals surface area contributed by atoms with Crippen molar-refractivity contribution in [1.29, 1.82) is 0 Å². The standard InChI is InChI=1S/C21H18FNO3/c22-13-4-3-5-14(10-13)23-11-18-19(25-12-23)9-8-16-15-6-1-2-7-17(15)21(24)26-20(16)18/h3-5,8-10H,1-2,6-7,11-12H2. The van der Waals surface area contributed by atoms with Gasteiger partial charge in [-0.25, -0.2) is 9.18 Å². The first-order valence-corrected chi connectivity index (χ1v) is 8.94. The number of rotatable bonds is 1. The van der Waals surface area contributed by atoms with Crippen LogP contribution in [-0.4, -0.2) is 6.73 Å². The average molecular weight is 351 g/mol. The summed E-state index contributed by atoms with van der Waals surface area (Å²) in [5.74, 6) is 0.441. The fourth-order valence-electron chi connectivity index (χ4n) is 4.05. The third-order valence-electron chi connectivity index (χ3n) is 5.35. The number of hydrogen-bond acceptors (Lipinski definition) is 4. The van der Waals surface area contributed by atoms with E-state index in [1.54, 1.807) is 6.07 Å². The Bertz CT molecular complexity index is 1070. The average Bonchev–Trinajstić information content (AvgIpc) is 2.68. The van der Waals surface area contributed by atoms with E-state index < -0.39 is 0 Å². The highest BCUT2D eigenvalue weighted by atomic mass is 19.1. The van der Waals surface area contributed by atoms with Gasteiger partial charge in [0.2, 0.25) is 0 Å². The molecule has 2 aliphatic rings. The van der Waals surface area contributed by atoms with Gasteiger partial charge in [-0.3, -0.25) is 0 Å². The van der Waals surface area contributed by atoms with Crippen LogP contribution in [0.25, 0.3) is 11.0 Å². The zero-order chi connectivity index (χ0) is 17.7. The largest absolute Gasteiger partial charge is 0.473 e. The van der Waals surface area contributed by atoms with Crippen LogP contribution >= 0.6 is 0 Å². The van der Waals surface area contributed by atoms with Crippen LogP contribution in [0.5, 0.6) is 5.75 Å². The first-order valence-electron chi connectivity index (χ1n) is 8.94. The van der Waals surface area contributed by atoms with Crippen molar-refractivity contribution >= 4 is 16.7 Å². The van der Waals surface area contributed by atoms with Crippen molar-refractivity contribution in [3.63, 3.8) is 0 Å². The molecule has 0 atom stereocenters. The molecule has 5 rings (SSSR count). The van der Waals surface area contributed by atoms with Gasteiger partial charge in [0, 0.05) is 16.6 Å². The third-order valence-corrected chi connectivity index (χ3v) is 5.35. The summed E-state index contributed by atoms with van der Waals surface area (Å²) in [5, 5.41) is 1.00. The van der Waals surface area contributed by atoms with Gasteiger partial charge < -0.3 is 14.1 Å². The normalized spacial score (nSPS) is 16.1. The molecular weight excluding hydrogens is 333 g/mol. The summed E-state index contributed by atoms with van der Waals surface area (Å²) in [6, 6.07) is 10.4. The molecule has 0 N–H and O–H groups in total. The quantitative estimate of drug-likeness (QED) is 0.617. The van der Waals surface area contributed by atoms with E-state index in [9.17, 15) is 9.18 Å². The molecule has 1 aliphatic heterocycles. The fourth-order valence-corrected chi connectivity index (χ4v) is 4.05. The predicted octanol–water partition coefficient (Wildman–Crippen LogP) is 4.17. The van der Waals surface area contributed by atoms with E-state index in [0.717, 1.165) is 59.2 Å². The Morgan fingerprint density at radius 3 is 2.69 bits per heavy atom. The molecule has 1 aliphatic carbocycles. The number of halogens is 1. The zero-order valence-electron chi connectivity index (χ0n) is 14.3. The van der Waals surface area contributed by atoms with Crippen LogP contribution in [0.3, 0.4) is 0 Å². The monoisotopic (exact) mass is 351 g/mol. The van der Waals surface area contributed by atoms with E-state index in [4.69, 9.17) is 9.15 Å². The summed E-state index contributed by atoms with van der Waals surface area (Å²) < 4.78 is 25.2. The Hall–Kier alpha value is -2.82. The molecule has 2 aromatic carbocycles. The number of aryl methyl sites for hydroxylation is 1. The molecule has 5 heteroatoms. The molecule has 3 aromatic rings. The number of hydrogen-bond donors (Lipinski definition) is 0. The van der Waals surface area contributed by atoms with Crippen LogP contribution in [0.15, 0.2) is 45.6 Å². The molecule has 1 aromatic heterocycles. The van der Waals surface area contributed by atoms with Crippen molar-refractivity contribution in [1.82, 2.24) is 0 Å². The van der Waals surface area contributed by atoms with Crippen molar-refractivity contribution in [2.45, 2.75) is 32.2 Å². The molecule has 4 nitrogen and oxygen atoms in total. The maximum atomic E-state index is 13.6. The summed E-state index contributed by atoms with van der Waals surface area (Å²) >= 11 is 0. The second kappa shape index (κ2) is 5.87. The molecule has 2 heterocycles. The molecule has 0 spiro atoms. The third kappa shape index (κ3) is 2.38. The van der Waals surface area contributed by atoms with Crippen LogP contribution in [0.2, 0.25) is 0 Å². The lowest BCUT2D eigenvalue weighted by atomic mass is 9.90. The number of benzene rings is 2. The van der Waals surface area contributed by atoms with E-state index in [1.165, 1.54) is 12.1 Å². The second-order valence-corrected chi connectivity index (χ2v) is 6.92. The minimum Gasteiger partial charge on any atom is -0.473 e. The Morgan fingerprint density at radius 1 is 1.00 bits per heavy atom. The van der Waals surface area contributed by atoms with Crippen LogP contribution in [0, 0.1) is 5.82 Å². The topological polar surface area (TPSA) is 42.7 Å². The van der Waals surface area contributed by atoms with E-state index in [0.29, 0.717) is 18.9 Å². The van der Waals surface area contributed by atoms with E-state index in [2.05, 4.69) is 0 Å². The summed E-state index contributed by atoms with van der Waals surface area (Å²) in [7, 11) is 0. The van der Waals surface area contributed by atoms with E-state index in [1.807, 2.05) is 23.1 Å². The molecule has 0 bridgehead atoms. The molecule has 0 fully saturated rings. The van der Waals surface area contributed by atoms with Crippen molar-refractivity contribution < 1.29 is 13.5 Å². The van der Waals surface area contributed by atoms with E-state index in [-0.39, 0.29) is 11.4 Å². The molecule has 0 amide bonds. The van der Waals surface area contributed by atoms with Crippen LogP contribution in [-0.2, 0) is 19.4 Å². The summed E-state index contributed by atoms with van der Waals surface area (Å²) in [6.45, 7) is 0.842. The number of anilines is 1. The molecule has 0 saturated carbocycles. The summed E-state index contributed by atoms with van der Waals surface area (Å²) in [5.41, 5.74) is 3.91. The summed E-state index contributed by atoms with van der Waals surface area (Å²) in [4.78, 5) is 14.4. The van der Waals surface area contributed by atoms with Gasteiger partial charge in [-0.05, 0) is 61.6 Å². The minimum absolute atomic E-state index is 0.233. The van der Waals surface area contributed by atoms with Gasteiger partial charge >= 0.3 is 5.63 Å². The van der Waals surface area contributed by atoms with Crippen molar-refractivity contribution in [3.8, 4) is 5.75 Å². The van der Waals surface area contributed by atoms with Gasteiger partial charge in [-0.15, -0.1) is 0 Å². The van der Waals surface area contributed by atoms with Gasteiger partial charge in [0.05, 0.1) is 12.1 Å². The van der Waals surface area contributed by atoms with Gasteiger partial charge in [0.25, 0.3) is 0 Å². The highest BCUT2D eigenvalue weighted by molar-refractivity contribution is 5.86. The SMILES string of the molecule is O=c1oc2c3c(ccc2c2c1CCCC2)OCN(c1cccc(F)c1)C3. The molecule has 26 heavy (non-hydrogen) atoms. The van der Waals surface area contributed by atoms with Crippen LogP contribution in [0.4, 0.5) is 10.1 Å². The highest BCUT2D eigenvalue weighted by Crippen LogP contribution is 2.36. The first-order chi connectivity index (χ1) is 12.7. The molecule has 0 saturated heterocycles. The van der Waals surface area contributed by atoms with Crippen LogP contribution in [0.1, 0.15) is 29.5 Å². The lowest BCUT2D eigenvalue weighted by Crippen LogP contribution is -2.32. The Kier molecular flexibility index (Phi) is 3.48. The van der Waals surface area contributed by atoms with Crippen molar-refractivity contribution in [2.75, 3.05) is 11.6 Å². The Balaban J connectivity index is 1.65. The maximum absolute atomic E-state index is 13.6. The van der Waals surface area contributed by atoms with Crippen molar-refractivity contribution in [2.24, 2.45) is 0 Å². The number of nitrogens with zero attached hydrogens (tertiary/aromatic N) is 1. The lowest BCUT2D eigenvalue weighted by molar-refractivity contribution is 0.289.